The number of rotatable bonds is 2. The minimum Gasteiger partial charge on any atom is -0.309 e. The Hall–Kier alpha value is -0.820. The van der Waals surface area contributed by atoms with Crippen molar-refractivity contribution in [2.45, 2.75) is 12.3 Å². The lowest BCUT2D eigenvalue weighted by Gasteiger charge is -2.12. The molecule has 1 aromatic rings. The monoisotopic (exact) mass is 187 g/mol. The maximum Gasteiger partial charge on any atom is 0.00125 e. The number of nitrogens with zero attached hydrogens (tertiary/aromatic N) is 1. The van der Waals surface area contributed by atoms with Crippen molar-refractivity contribution in [1.29, 1.82) is 0 Å². The highest BCUT2D eigenvalue weighted by atomic mass is 15.1. The van der Waals surface area contributed by atoms with Crippen LogP contribution in [-0.4, -0.2) is 25.5 Å². The van der Waals surface area contributed by atoms with E-state index < -0.39 is 0 Å². The van der Waals surface area contributed by atoms with Gasteiger partial charge in [0.15, 0.2) is 0 Å². The standard InChI is InChI=1S/C13H17N/c1-14(2)8-12-11-7-9-5-3-4-6-10(9)13(11)12/h3-6,11-13H,7-8H2,1-2H3. The molecule has 3 atom stereocenters. The molecule has 0 bridgehead atoms. The lowest BCUT2D eigenvalue weighted by atomic mass is 10.0. The molecule has 0 amide bonds. The largest absolute Gasteiger partial charge is 0.309 e. The van der Waals surface area contributed by atoms with E-state index >= 15 is 0 Å². The third-order valence-electron chi connectivity index (χ3n) is 3.78. The average Bonchev–Trinajstić information content (AvgIpc) is 2.68. The maximum atomic E-state index is 2.33. The molecule has 74 valence electrons. The van der Waals surface area contributed by atoms with Crippen LogP contribution in [0.2, 0.25) is 0 Å². The molecule has 1 aromatic carbocycles. The van der Waals surface area contributed by atoms with E-state index in [0.29, 0.717) is 0 Å². The van der Waals surface area contributed by atoms with E-state index in [1.165, 1.54) is 13.0 Å². The molecule has 3 rings (SSSR count). The molecule has 1 heteroatoms. The first-order chi connectivity index (χ1) is 6.77. The van der Waals surface area contributed by atoms with Crippen molar-refractivity contribution in [2.24, 2.45) is 11.8 Å². The summed E-state index contributed by atoms with van der Waals surface area (Å²) in [7, 11) is 4.36. The summed E-state index contributed by atoms with van der Waals surface area (Å²) < 4.78 is 0. The van der Waals surface area contributed by atoms with Gasteiger partial charge in [0, 0.05) is 6.54 Å². The summed E-state index contributed by atoms with van der Waals surface area (Å²) >= 11 is 0. The highest BCUT2D eigenvalue weighted by molar-refractivity contribution is 5.43. The van der Waals surface area contributed by atoms with E-state index in [9.17, 15) is 0 Å². The normalized spacial score (nSPS) is 32.9. The van der Waals surface area contributed by atoms with Gasteiger partial charge in [-0.25, -0.2) is 0 Å². The zero-order valence-corrected chi connectivity index (χ0v) is 8.90. The first-order valence-electron chi connectivity index (χ1n) is 5.50. The van der Waals surface area contributed by atoms with Crippen molar-refractivity contribution in [3.8, 4) is 0 Å². The first-order valence-corrected chi connectivity index (χ1v) is 5.50. The molecule has 1 fully saturated rings. The maximum absolute atomic E-state index is 2.33. The van der Waals surface area contributed by atoms with Crippen LogP contribution in [0.5, 0.6) is 0 Å². The van der Waals surface area contributed by atoms with Crippen LogP contribution in [0.1, 0.15) is 17.0 Å². The van der Waals surface area contributed by atoms with Crippen molar-refractivity contribution in [3.63, 3.8) is 0 Å². The average molecular weight is 187 g/mol. The molecule has 0 aromatic heterocycles. The molecule has 0 aliphatic heterocycles. The van der Waals surface area contributed by atoms with Crippen molar-refractivity contribution in [1.82, 2.24) is 4.90 Å². The predicted octanol–water partition coefficient (Wildman–Crippen LogP) is 2.13. The van der Waals surface area contributed by atoms with Gasteiger partial charge in [-0.2, -0.15) is 0 Å². The topological polar surface area (TPSA) is 3.24 Å². The Kier molecular flexibility index (Phi) is 1.72. The van der Waals surface area contributed by atoms with Gasteiger partial charge in [0.2, 0.25) is 0 Å². The molecule has 2 aliphatic rings. The summed E-state index contributed by atoms with van der Waals surface area (Å²) in [5, 5.41) is 0. The van der Waals surface area contributed by atoms with E-state index in [4.69, 9.17) is 0 Å². The van der Waals surface area contributed by atoms with Crippen molar-refractivity contribution >= 4 is 0 Å². The Balaban J connectivity index is 1.81. The van der Waals surface area contributed by atoms with Gasteiger partial charge in [0.25, 0.3) is 0 Å². The molecule has 0 saturated heterocycles. The highest BCUT2D eigenvalue weighted by Crippen LogP contribution is 2.61. The Labute approximate surface area is 85.7 Å². The summed E-state index contributed by atoms with van der Waals surface area (Å²) in [6, 6.07) is 8.99. The van der Waals surface area contributed by atoms with Gasteiger partial charge < -0.3 is 4.90 Å². The molecular formula is C13H17N. The zero-order chi connectivity index (χ0) is 9.71. The minimum absolute atomic E-state index is 0.897. The fourth-order valence-corrected chi connectivity index (χ4v) is 3.15. The number of benzene rings is 1. The second-order valence-electron chi connectivity index (χ2n) is 5.02. The quantitative estimate of drug-likeness (QED) is 0.685. The SMILES string of the molecule is CN(C)CC1C2Cc3ccccc3C21. The van der Waals surface area contributed by atoms with Crippen LogP contribution in [0.25, 0.3) is 0 Å². The van der Waals surface area contributed by atoms with Gasteiger partial charge >= 0.3 is 0 Å². The summed E-state index contributed by atoms with van der Waals surface area (Å²) in [6.07, 6.45) is 1.33. The molecule has 0 spiro atoms. The fraction of sp³-hybridized carbons (Fsp3) is 0.538. The number of hydrogen-bond donors (Lipinski definition) is 0. The molecule has 2 aliphatic carbocycles. The minimum atomic E-state index is 0.897. The lowest BCUT2D eigenvalue weighted by molar-refractivity contribution is 0.374. The van der Waals surface area contributed by atoms with Gasteiger partial charge in [-0.3, -0.25) is 0 Å². The second-order valence-corrected chi connectivity index (χ2v) is 5.02. The van der Waals surface area contributed by atoms with E-state index in [-0.39, 0.29) is 0 Å². The van der Waals surface area contributed by atoms with Gasteiger partial charge in [-0.05, 0) is 49.4 Å². The molecule has 14 heavy (non-hydrogen) atoms. The Bertz CT molecular complexity index is 356. The van der Waals surface area contributed by atoms with Gasteiger partial charge in [0.05, 0.1) is 0 Å². The van der Waals surface area contributed by atoms with Gasteiger partial charge in [-0.15, -0.1) is 0 Å². The molecular weight excluding hydrogens is 170 g/mol. The summed E-state index contributed by atoms with van der Waals surface area (Å²) in [5.74, 6) is 2.81. The van der Waals surface area contributed by atoms with Gasteiger partial charge in [-0.1, -0.05) is 24.3 Å². The Morgan fingerprint density at radius 3 is 2.86 bits per heavy atom. The highest BCUT2D eigenvalue weighted by Gasteiger charge is 2.54. The third kappa shape index (κ3) is 1.12. The van der Waals surface area contributed by atoms with Crippen LogP contribution in [0.4, 0.5) is 0 Å². The molecule has 0 heterocycles. The summed E-state index contributed by atoms with van der Waals surface area (Å²) in [6.45, 7) is 1.27. The van der Waals surface area contributed by atoms with Crippen LogP contribution >= 0.6 is 0 Å². The van der Waals surface area contributed by atoms with E-state index in [0.717, 1.165) is 17.8 Å². The summed E-state index contributed by atoms with van der Waals surface area (Å²) in [5.41, 5.74) is 3.25. The van der Waals surface area contributed by atoms with Crippen LogP contribution in [0, 0.1) is 11.8 Å². The van der Waals surface area contributed by atoms with Crippen LogP contribution in [0.15, 0.2) is 24.3 Å². The van der Waals surface area contributed by atoms with Crippen LogP contribution in [-0.2, 0) is 6.42 Å². The zero-order valence-electron chi connectivity index (χ0n) is 8.90. The Morgan fingerprint density at radius 2 is 2.07 bits per heavy atom. The molecule has 0 radical (unpaired) electrons. The molecule has 1 nitrogen and oxygen atoms in total. The van der Waals surface area contributed by atoms with Crippen molar-refractivity contribution < 1.29 is 0 Å². The summed E-state index contributed by atoms with van der Waals surface area (Å²) in [4.78, 5) is 2.33. The van der Waals surface area contributed by atoms with E-state index in [1.807, 2.05) is 0 Å². The molecule has 1 saturated carbocycles. The lowest BCUT2D eigenvalue weighted by Crippen LogP contribution is -2.16. The Morgan fingerprint density at radius 1 is 1.29 bits per heavy atom. The van der Waals surface area contributed by atoms with Crippen LogP contribution in [0.3, 0.4) is 0 Å². The fourth-order valence-electron chi connectivity index (χ4n) is 3.15. The number of hydrogen-bond acceptors (Lipinski definition) is 1. The first kappa shape index (κ1) is 8.49. The second kappa shape index (κ2) is 2.83. The molecule has 3 unspecified atom stereocenters. The van der Waals surface area contributed by atoms with Crippen LogP contribution < -0.4 is 0 Å². The van der Waals surface area contributed by atoms with E-state index in [2.05, 4.69) is 43.3 Å². The predicted molar refractivity (Wildman–Crippen MR) is 58.4 cm³/mol. The molecule has 0 N–H and O–H groups in total. The number of fused-ring (bicyclic) bond motifs is 3. The van der Waals surface area contributed by atoms with Crippen molar-refractivity contribution in [3.05, 3.63) is 35.4 Å². The van der Waals surface area contributed by atoms with Crippen molar-refractivity contribution in [2.75, 3.05) is 20.6 Å². The van der Waals surface area contributed by atoms with Gasteiger partial charge in [0.1, 0.15) is 0 Å². The third-order valence-corrected chi connectivity index (χ3v) is 3.78. The van der Waals surface area contributed by atoms with E-state index in [1.54, 1.807) is 11.1 Å². The smallest absolute Gasteiger partial charge is 0.00125 e.